The molecule has 13 heteroatoms. The minimum absolute atomic E-state index is 0.116. The van der Waals surface area contributed by atoms with E-state index in [4.69, 9.17) is 9.90 Å². The SMILES string of the molecule is CCCS(=O)(=O)N1CCC2(CC(=O)N(Cc3csc(C)n3)C2)C1.O=C(O)C(F)(F)F. The maximum Gasteiger partial charge on any atom is 0.490 e. The van der Waals surface area contributed by atoms with Gasteiger partial charge in [0.15, 0.2) is 0 Å². The molecule has 2 saturated heterocycles. The third kappa shape index (κ3) is 6.14. The molecule has 3 rings (SSSR count). The van der Waals surface area contributed by atoms with Crippen LogP contribution in [0.1, 0.15) is 36.9 Å². The summed E-state index contributed by atoms with van der Waals surface area (Å²) in [5, 5.41) is 10.1. The Labute approximate surface area is 176 Å². The Morgan fingerprint density at radius 2 is 2.00 bits per heavy atom. The number of nitrogens with zero attached hydrogens (tertiary/aromatic N) is 3. The van der Waals surface area contributed by atoms with Crippen molar-refractivity contribution in [2.75, 3.05) is 25.4 Å². The fourth-order valence-corrected chi connectivity index (χ4v) is 5.81. The van der Waals surface area contributed by atoms with E-state index in [0.717, 1.165) is 17.1 Å². The predicted octanol–water partition coefficient (Wildman–Crippen LogP) is 2.25. The van der Waals surface area contributed by atoms with Crippen molar-refractivity contribution in [2.45, 2.75) is 45.8 Å². The maximum atomic E-state index is 12.4. The van der Waals surface area contributed by atoms with Crippen molar-refractivity contribution in [1.29, 1.82) is 0 Å². The topological polar surface area (TPSA) is 108 Å². The molecular weight excluding hydrogens is 447 g/mol. The Bertz CT molecular complexity index is 887. The van der Waals surface area contributed by atoms with Crippen LogP contribution in [0.3, 0.4) is 0 Å². The summed E-state index contributed by atoms with van der Waals surface area (Å²) in [6.07, 6.45) is -3.23. The molecule has 2 fully saturated rings. The quantitative estimate of drug-likeness (QED) is 0.706. The number of aryl methyl sites for hydroxylation is 1. The van der Waals surface area contributed by atoms with E-state index >= 15 is 0 Å². The van der Waals surface area contributed by atoms with E-state index < -0.39 is 22.2 Å². The summed E-state index contributed by atoms with van der Waals surface area (Å²) in [5.74, 6) is -2.45. The van der Waals surface area contributed by atoms with Gasteiger partial charge in [0, 0.05) is 36.9 Å². The van der Waals surface area contributed by atoms with Gasteiger partial charge in [-0.1, -0.05) is 6.92 Å². The van der Waals surface area contributed by atoms with Gasteiger partial charge < -0.3 is 10.0 Å². The van der Waals surface area contributed by atoms with Crippen LogP contribution in [0, 0.1) is 12.3 Å². The molecule has 0 bridgehead atoms. The molecule has 1 N–H and O–H groups in total. The Morgan fingerprint density at radius 3 is 2.50 bits per heavy atom. The van der Waals surface area contributed by atoms with Crippen LogP contribution in [-0.2, 0) is 26.2 Å². The average Bonchev–Trinajstić information content (AvgIpc) is 3.28. The summed E-state index contributed by atoms with van der Waals surface area (Å²) in [6.45, 7) is 6.02. The number of rotatable bonds is 5. The molecule has 1 aromatic rings. The van der Waals surface area contributed by atoms with Crippen molar-refractivity contribution in [1.82, 2.24) is 14.2 Å². The van der Waals surface area contributed by atoms with Crippen molar-refractivity contribution in [2.24, 2.45) is 5.41 Å². The third-order valence-electron chi connectivity index (χ3n) is 4.93. The summed E-state index contributed by atoms with van der Waals surface area (Å²) in [5.41, 5.74) is 0.717. The highest BCUT2D eigenvalue weighted by atomic mass is 32.2. The van der Waals surface area contributed by atoms with Crippen LogP contribution in [0.5, 0.6) is 0 Å². The van der Waals surface area contributed by atoms with E-state index in [-0.39, 0.29) is 17.1 Å². The summed E-state index contributed by atoms with van der Waals surface area (Å²) in [6, 6.07) is 0. The number of hydrogen-bond donors (Lipinski definition) is 1. The van der Waals surface area contributed by atoms with Crippen LogP contribution >= 0.6 is 11.3 Å². The molecule has 0 saturated carbocycles. The number of carbonyl (C=O) groups excluding carboxylic acids is 1. The lowest BCUT2D eigenvalue weighted by Gasteiger charge is -2.23. The number of halogens is 3. The van der Waals surface area contributed by atoms with Crippen molar-refractivity contribution in [3.63, 3.8) is 0 Å². The van der Waals surface area contributed by atoms with E-state index in [2.05, 4.69) is 4.98 Å². The number of alkyl halides is 3. The van der Waals surface area contributed by atoms with Gasteiger partial charge in [0.2, 0.25) is 15.9 Å². The molecule has 1 aromatic heterocycles. The molecule has 170 valence electrons. The van der Waals surface area contributed by atoms with Crippen molar-refractivity contribution < 1.29 is 36.3 Å². The van der Waals surface area contributed by atoms with E-state index in [1.807, 2.05) is 24.1 Å². The summed E-state index contributed by atoms with van der Waals surface area (Å²) < 4.78 is 57.8. The average molecular weight is 472 g/mol. The van der Waals surface area contributed by atoms with E-state index in [0.29, 0.717) is 39.0 Å². The lowest BCUT2D eigenvalue weighted by atomic mass is 9.86. The largest absolute Gasteiger partial charge is 0.490 e. The second-order valence-electron chi connectivity index (χ2n) is 7.49. The van der Waals surface area contributed by atoms with Crippen LogP contribution in [0.15, 0.2) is 5.38 Å². The van der Waals surface area contributed by atoms with Gasteiger partial charge in [-0.2, -0.15) is 13.2 Å². The van der Waals surface area contributed by atoms with Crippen molar-refractivity contribution >= 4 is 33.2 Å². The molecule has 0 aliphatic carbocycles. The number of thiazole rings is 1. The molecule has 8 nitrogen and oxygen atoms in total. The Morgan fingerprint density at radius 1 is 1.37 bits per heavy atom. The molecule has 1 amide bonds. The van der Waals surface area contributed by atoms with Crippen LogP contribution in [0.25, 0.3) is 0 Å². The fourth-order valence-electron chi connectivity index (χ4n) is 3.59. The fraction of sp³-hybridized carbons (Fsp3) is 0.706. The molecule has 30 heavy (non-hydrogen) atoms. The summed E-state index contributed by atoms with van der Waals surface area (Å²) in [4.78, 5) is 27.5. The zero-order valence-electron chi connectivity index (χ0n) is 16.6. The molecule has 0 aromatic carbocycles. The highest BCUT2D eigenvalue weighted by Crippen LogP contribution is 2.41. The molecule has 3 heterocycles. The summed E-state index contributed by atoms with van der Waals surface area (Å²) in [7, 11) is -3.17. The Hall–Kier alpha value is -1.73. The monoisotopic (exact) mass is 471 g/mol. The van der Waals surface area contributed by atoms with Gasteiger partial charge in [0.1, 0.15) is 0 Å². The first-order chi connectivity index (χ1) is 13.8. The van der Waals surface area contributed by atoms with E-state index in [9.17, 15) is 26.4 Å². The Kier molecular flexibility index (Phi) is 7.51. The zero-order chi connectivity index (χ0) is 22.7. The smallest absolute Gasteiger partial charge is 0.475 e. The lowest BCUT2D eigenvalue weighted by molar-refractivity contribution is -0.192. The van der Waals surface area contributed by atoms with Crippen LogP contribution in [0.4, 0.5) is 13.2 Å². The number of carboxylic acid groups (broad SMARTS) is 1. The number of carboxylic acids is 1. The minimum atomic E-state index is -5.08. The first-order valence-electron chi connectivity index (χ1n) is 9.25. The number of sulfonamides is 1. The molecule has 0 radical (unpaired) electrons. The highest BCUT2D eigenvalue weighted by Gasteiger charge is 2.49. The molecule has 1 atom stereocenters. The molecule has 2 aliphatic heterocycles. The number of amides is 1. The maximum absolute atomic E-state index is 12.4. The first-order valence-corrected chi connectivity index (χ1v) is 11.7. The zero-order valence-corrected chi connectivity index (χ0v) is 18.2. The predicted molar refractivity (Wildman–Crippen MR) is 103 cm³/mol. The number of aromatic nitrogens is 1. The number of carbonyl (C=O) groups is 2. The third-order valence-corrected chi connectivity index (χ3v) is 7.77. The summed E-state index contributed by atoms with van der Waals surface area (Å²) >= 11 is 1.59. The molecular formula is C17H24F3N3O5S2. The van der Waals surface area contributed by atoms with Gasteiger partial charge in [-0.25, -0.2) is 22.5 Å². The van der Waals surface area contributed by atoms with Gasteiger partial charge in [-0.3, -0.25) is 4.79 Å². The molecule has 2 aliphatic rings. The van der Waals surface area contributed by atoms with Gasteiger partial charge in [-0.15, -0.1) is 11.3 Å². The van der Waals surface area contributed by atoms with Crippen LogP contribution < -0.4 is 0 Å². The van der Waals surface area contributed by atoms with E-state index in [1.54, 1.807) is 15.6 Å². The number of hydrogen-bond acceptors (Lipinski definition) is 6. The van der Waals surface area contributed by atoms with Gasteiger partial charge in [0.25, 0.3) is 0 Å². The standard InChI is InChI=1S/C15H23N3O3S2.C2HF3O2/c1-3-6-23(20,21)18-5-4-15(11-18)7-14(19)17(10-15)8-13-9-22-12(2)16-13;3-2(4,5)1(6)7/h9H,3-8,10-11H2,1-2H3;(H,6,7). The molecule has 1 unspecified atom stereocenters. The first kappa shape index (κ1) is 24.5. The lowest BCUT2D eigenvalue weighted by Crippen LogP contribution is -2.35. The van der Waals surface area contributed by atoms with Gasteiger partial charge in [0.05, 0.1) is 23.0 Å². The minimum Gasteiger partial charge on any atom is -0.475 e. The van der Waals surface area contributed by atoms with Crippen molar-refractivity contribution in [3.8, 4) is 0 Å². The van der Waals surface area contributed by atoms with Gasteiger partial charge >= 0.3 is 12.1 Å². The molecule has 1 spiro atoms. The number of likely N-dealkylation sites (tertiary alicyclic amines) is 1. The second kappa shape index (κ2) is 9.18. The van der Waals surface area contributed by atoms with Crippen LogP contribution in [-0.4, -0.2) is 71.2 Å². The second-order valence-corrected chi connectivity index (χ2v) is 10.6. The Balaban J connectivity index is 0.000000396. The normalized spacial score (nSPS) is 22.4. The highest BCUT2D eigenvalue weighted by molar-refractivity contribution is 7.89. The van der Waals surface area contributed by atoms with Crippen molar-refractivity contribution in [3.05, 3.63) is 16.1 Å². The van der Waals surface area contributed by atoms with Gasteiger partial charge in [-0.05, 0) is 19.8 Å². The van der Waals surface area contributed by atoms with E-state index in [1.165, 1.54) is 0 Å². The van der Waals surface area contributed by atoms with Crippen LogP contribution in [0.2, 0.25) is 0 Å². The number of aliphatic carboxylic acids is 1.